The lowest BCUT2D eigenvalue weighted by molar-refractivity contribution is -0.133. The van der Waals surface area contributed by atoms with Gasteiger partial charge in [-0.2, -0.15) is 0 Å². The molecular weight excluding hydrogens is 369 g/mol. The molecule has 0 unspecified atom stereocenters. The average Bonchev–Trinajstić information content (AvgIpc) is 2.72. The minimum atomic E-state index is -0.204. The summed E-state index contributed by atoms with van der Waals surface area (Å²) >= 11 is 0. The molecule has 1 aromatic rings. The molecule has 1 N–H and O–H groups in total. The summed E-state index contributed by atoms with van der Waals surface area (Å²) in [5.41, 5.74) is 1.05. The van der Waals surface area contributed by atoms with Crippen LogP contribution in [0.15, 0.2) is 24.3 Å². The largest absolute Gasteiger partial charge is 0.393 e. The lowest BCUT2D eigenvalue weighted by Gasteiger charge is -2.36. The minimum absolute atomic E-state index is 0.167. The van der Waals surface area contributed by atoms with Gasteiger partial charge in [-0.25, -0.2) is 4.39 Å². The second-order valence-corrected chi connectivity index (χ2v) is 8.63. The van der Waals surface area contributed by atoms with E-state index in [-0.39, 0.29) is 17.8 Å². The van der Waals surface area contributed by atoms with Gasteiger partial charge >= 0.3 is 0 Å². The van der Waals surface area contributed by atoms with Gasteiger partial charge in [-0.3, -0.25) is 9.69 Å². The maximum atomic E-state index is 13.4. The molecule has 0 bridgehead atoms. The third kappa shape index (κ3) is 7.05. The minimum Gasteiger partial charge on any atom is -0.393 e. The Morgan fingerprint density at radius 3 is 2.72 bits per heavy atom. The highest BCUT2D eigenvalue weighted by atomic mass is 19.1. The summed E-state index contributed by atoms with van der Waals surface area (Å²) in [6.07, 6.45) is 4.51. The van der Waals surface area contributed by atoms with Crippen LogP contribution in [0.3, 0.4) is 0 Å². The van der Waals surface area contributed by atoms with E-state index in [4.69, 9.17) is 0 Å². The first-order chi connectivity index (χ1) is 14.0. The second kappa shape index (κ2) is 11.0. The molecule has 29 heavy (non-hydrogen) atoms. The number of likely N-dealkylation sites (N-methyl/N-ethyl adjacent to an activating group) is 1. The molecule has 0 spiro atoms. The van der Waals surface area contributed by atoms with E-state index >= 15 is 0 Å². The van der Waals surface area contributed by atoms with Crippen LogP contribution < -0.4 is 0 Å². The van der Waals surface area contributed by atoms with Gasteiger partial charge in [0.05, 0.1) is 12.6 Å². The standard InChI is InChI=1S/C23H36FN3O2/c1-2-27(23(29)18-26-13-9-22(28)10-14-26)17-20-6-4-11-25(16-20)12-8-19-5-3-7-21(24)15-19/h3,5,7,15,20,22,28H,2,4,6,8-14,16-18H2,1H3/t20-/m0/s1. The zero-order valence-corrected chi connectivity index (χ0v) is 17.7. The first-order valence-corrected chi connectivity index (χ1v) is 11.2. The van der Waals surface area contributed by atoms with Gasteiger partial charge in [0.1, 0.15) is 5.82 Å². The summed E-state index contributed by atoms with van der Waals surface area (Å²) in [7, 11) is 0. The maximum Gasteiger partial charge on any atom is 0.236 e. The van der Waals surface area contributed by atoms with Crippen LogP contribution >= 0.6 is 0 Å². The number of nitrogens with zero attached hydrogens (tertiary/aromatic N) is 3. The highest BCUT2D eigenvalue weighted by Crippen LogP contribution is 2.19. The molecule has 2 fully saturated rings. The lowest BCUT2D eigenvalue weighted by atomic mass is 9.96. The molecule has 162 valence electrons. The number of hydrogen-bond acceptors (Lipinski definition) is 4. The number of likely N-dealkylation sites (tertiary alicyclic amines) is 2. The molecule has 2 aliphatic rings. The van der Waals surface area contributed by atoms with E-state index in [1.807, 2.05) is 11.0 Å². The molecule has 1 atom stereocenters. The van der Waals surface area contributed by atoms with Gasteiger partial charge in [0.15, 0.2) is 0 Å². The first kappa shape index (κ1) is 22.2. The zero-order chi connectivity index (χ0) is 20.6. The SMILES string of the molecule is CCN(C[C@H]1CCCN(CCc2cccc(F)c2)C1)C(=O)CN1CCC(O)CC1. The molecule has 2 saturated heterocycles. The monoisotopic (exact) mass is 405 g/mol. The Hall–Kier alpha value is -1.50. The molecule has 5 nitrogen and oxygen atoms in total. The molecular formula is C23H36FN3O2. The number of carbonyl (C=O) groups excluding carboxylic acids is 1. The molecule has 2 heterocycles. The second-order valence-electron chi connectivity index (χ2n) is 8.63. The molecule has 6 heteroatoms. The van der Waals surface area contributed by atoms with E-state index in [0.717, 1.165) is 83.5 Å². The number of aliphatic hydroxyl groups excluding tert-OH is 1. The fourth-order valence-corrected chi connectivity index (χ4v) is 4.57. The van der Waals surface area contributed by atoms with Crippen LogP contribution in [-0.2, 0) is 11.2 Å². The van der Waals surface area contributed by atoms with Crippen LogP contribution in [0.25, 0.3) is 0 Å². The van der Waals surface area contributed by atoms with Crippen molar-refractivity contribution in [1.82, 2.24) is 14.7 Å². The Labute approximate surface area is 174 Å². The van der Waals surface area contributed by atoms with Crippen LogP contribution in [0.4, 0.5) is 4.39 Å². The number of halogens is 1. The molecule has 3 rings (SSSR count). The highest BCUT2D eigenvalue weighted by molar-refractivity contribution is 5.78. The predicted octanol–water partition coefficient (Wildman–Crippen LogP) is 2.39. The number of aliphatic hydroxyl groups is 1. The fraction of sp³-hybridized carbons (Fsp3) is 0.696. The number of hydrogen-bond donors (Lipinski definition) is 1. The van der Waals surface area contributed by atoms with E-state index in [2.05, 4.69) is 16.7 Å². The first-order valence-electron chi connectivity index (χ1n) is 11.2. The third-order valence-electron chi connectivity index (χ3n) is 6.34. The topological polar surface area (TPSA) is 47.0 Å². The predicted molar refractivity (Wildman–Crippen MR) is 113 cm³/mol. The van der Waals surface area contributed by atoms with E-state index < -0.39 is 0 Å². The van der Waals surface area contributed by atoms with Gasteiger partial charge in [0.25, 0.3) is 0 Å². The highest BCUT2D eigenvalue weighted by Gasteiger charge is 2.25. The Morgan fingerprint density at radius 1 is 1.21 bits per heavy atom. The Balaban J connectivity index is 1.44. The van der Waals surface area contributed by atoms with Crippen LogP contribution in [0, 0.1) is 11.7 Å². The van der Waals surface area contributed by atoms with Crippen molar-refractivity contribution >= 4 is 5.91 Å². The quantitative estimate of drug-likeness (QED) is 0.722. The number of carbonyl (C=O) groups is 1. The van der Waals surface area contributed by atoms with Gasteiger partial charge in [0.2, 0.25) is 5.91 Å². The fourth-order valence-electron chi connectivity index (χ4n) is 4.57. The number of amides is 1. The van der Waals surface area contributed by atoms with Crippen molar-refractivity contribution in [3.63, 3.8) is 0 Å². The zero-order valence-electron chi connectivity index (χ0n) is 17.7. The summed E-state index contributed by atoms with van der Waals surface area (Å²) in [6.45, 7) is 8.74. The number of rotatable bonds is 8. The van der Waals surface area contributed by atoms with Gasteiger partial charge < -0.3 is 14.9 Å². The summed E-state index contributed by atoms with van der Waals surface area (Å²) in [6, 6.07) is 6.88. The van der Waals surface area contributed by atoms with Crippen molar-refractivity contribution in [3.8, 4) is 0 Å². The molecule has 0 aromatic heterocycles. The molecule has 0 radical (unpaired) electrons. The van der Waals surface area contributed by atoms with Gasteiger partial charge in [-0.05, 0) is 69.2 Å². The van der Waals surface area contributed by atoms with Crippen molar-refractivity contribution < 1.29 is 14.3 Å². The van der Waals surface area contributed by atoms with Crippen LogP contribution in [0.5, 0.6) is 0 Å². The summed E-state index contributed by atoms with van der Waals surface area (Å²) < 4.78 is 13.4. The Morgan fingerprint density at radius 2 is 2.00 bits per heavy atom. The van der Waals surface area contributed by atoms with Crippen molar-refractivity contribution in [2.45, 2.75) is 45.1 Å². The summed E-state index contributed by atoms with van der Waals surface area (Å²) in [5, 5.41) is 9.64. The maximum absolute atomic E-state index is 13.4. The molecule has 0 aliphatic carbocycles. The summed E-state index contributed by atoms with van der Waals surface area (Å²) in [5.74, 6) is 0.545. The lowest BCUT2D eigenvalue weighted by Crippen LogP contribution is -2.47. The Kier molecular flexibility index (Phi) is 8.45. The van der Waals surface area contributed by atoms with Crippen molar-refractivity contribution in [2.24, 2.45) is 5.92 Å². The van der Waals surface area contributed by atoms with E-state index in [0.29, 0.717) is 12.5 Å². The molecule has 0 saturated carbocycles. The van der Waals surface area contributed by atoms with Crippen LogP contribution in [0.1, 0.15) is 38.2 Å². The van der Waals surface area contributed by atoms with Gasteiger partial charge in [0, 0.05) is 39.3 Å². The van der Waals surface area contributed by atoms with E-state index in [9.17, 15) is 14.3 Å². The van der Waals surface area contributed by atoms with Crippen molar-refractivity contribution in [3.05, 3.63) is 35.6 Å². The van der Waals surface area contributed by atoms with Gasteiger partial charge in [-0.1, -0.05) is 12.1 Å². The molecule has 1 aromatic carbocycles. The summed E-state index contributed by atoms with van der Waals surface area (Å²) in [4.78, 5) is 19.4. The molecule has 1 amide bonds. The normalized spacial score (nSPS) is 22.0. The smallest absolute Gasteiger partial charge is 0.236 e. The average molecular weight is 406 g/mol. The Bertz CT molecular complexity index is 649. The van der Waals surface area contributed by atoms with E-state index in [1.165, 1.54) is 6.07 Å². The van der Waals surface area contributed by atoms with E-state index in [1.54, 1.807) is 12.1 Å². The van der Waals surface area contributed by atoms with Crippen LogP contribution in [-0.4, -0.2) is 84.2 Å². The van der Waals surface area contributed by atoms with Gasteiger partial charge in [-0.15, -0.1) is 0 Å². The third-order valence-corrected chi connectivity index (χ3v) is 6.34. The number of benzene rings is 1. The number of piperidine rings is 2. The van der Waals surface area contributed by atoms with Crippen LogP contribution in [0.2, 0.25) is 0 Å². The molecule has 2 aliphatic heterocycles. The van der Waals surface area contributed by atoms with Crippen molar-refractivity contribution in [1.29, 1.82) is 0 Å². The van der Waals surface area contributed by atoms with Crippen molar-refractivity contribution in [2.75, 3.05) is 52.4 Å².